The van der Waals surface area contributed by atoms with E-state index in [4.69, 9.17) is 9.47 Å². The highest BCUT2D eigenvalue weighted by molar-refractivity contribution is 7.89. The van der Waals surface area contributed by atoms with E-state index in [2.05, 4.69) is 15.2 Å². The molecule has 3 atom stereocenters. The number of benzene rings is 1. The lowest BCUT2D eigenvalue weighted by Gasteiger charge is -2.31. The van der Waals surface area contributed by atoms with E-state index in [1.165, 1.54) is 22.6 Å². The number of hydrogen-bond acceptors (Lipinski definition) is 8. The average Bonchev–Trinajstić information content (AvgIpc) is 3.64. The molecule has 1 aromatic carbocycles. The third-order valence-corrected chi connectivity index (χ3v) is 10.9. The summed E-state index contributed by atoms with van der Waals surface area (Å²) < 4.78 is 83.1. The molecule has 1 saturated heterocycles. The van der Waals surface area contributed by atoms with Gasteiger partial charge < -0.3 is 14.6 Å². The Labute approximate surface area is 269 Å². The van der Waals surface area contributed by atoms with Crippen molar-refractivity contribution >= 4 is 21.6 Å². The van der Waals surface area contributed by atoms with Gasteiger partial charge in [-0.2, -0.15) is 17.5 Å². The van der Waals surface area contributed by atoms with Crippen LogP contribution in [0.2, 0.25) is 0 Å². The summed E-state index contributed by atoms with van der Waals surface area (Å²) in [5.41, 5.74) is 2.50. The molecule has 2 unspecified atom stereocenters. The van der Waals surface area contributed by atoms with Crippen molar-refractivity contribution in [1.29, 1.82) is 0 Å². The van der Waals surface area contributed by atoms with Crippen molar-refractivity contribution in [2.24, 2.45) is 5.92 Å². The van der Waals surface area contributed by atoms with Crippen LogP contribution < -0.4 is 4.74 Å². The van der Waals surface area contributed by atoms with Crippen LogP contribution in [-0.4, -0.2) is 68.7 Å². The Morgan fingerprint density at radius 3 is 2.57 bits per heavy atom. The summed E-state index contributed by atoms with van der Waals surface area (Å²) in [6.07, 6.45) is -1.29. The topological polar surface area (TPSA) is 136 Å². The predicted molar refractivity (Wildman–Crippen MR) is 163 cm³/mol. The van der Waals surface area contributed by atoms with E-state index in [1.54, 1.807) is 45.2 Å². The van der Waals surface area contributed by atoms with Gasteiger partial charge in [0.15, 0.2) is 5.65 Å². The van der Waals surface area contributed by atoms with Crippen LogP contribution in [0.15, 0.2) is 47.6 Å². The van der Waals surface area contributed by atoms with Gasteiger partial charge >= 0.3 is 12.1 Å². The molecule has 2 aliphatic heterocycles. The SMILES string of the molecule is CCC(C(=O)O)C(c1ccc(C)c(CN2C[C@@]3(CCOC3)Oc3ncc(C)cc3S2(=O)=O)c1)c1ccn2c(C(F)(F)F)nnc2c1C. The molecule has 5 heterocycles. The molecular formula is C32H34F3N5O6S. The van der Waals surface area contributed by atoms with Crippen LogP contribution in [0.5, 0.6) is 5.88 Å². The lowest BCUT2D eigenvalue weighted by Crippen LogP contribution is -2.47. The van der Waals surface area contributed by atoms with E-state index in [0.717, 1.165) is 9.96 Å². The Kier molecular flexibility index (Phi) is 8.29. The van der Waals surface area contributed by atoms with Crippen LogP contribution in [0, 0.1) is 26.7 Å². The van der Waals surface area contributed by atoms with Gasteiger partial charge in [-0.1, -0.05) is 25.1 Å². The third-order valence-electron chi connectivity index (χ3n) is 9.11. The van der Waals surface area contributed by atoms with Crippen molar-refractivity contribution in [3.8, 4) is 5.88 Å². The molecule has 0 radical (unpaired) electrons. The van der Waals surface area contributed by atoms with Crippen LogP contribution in [0.4, 0.5) is 13.2 Å². The van der Waals surface area contributed by atoms with Crippen molar-refractivity contribution < 1.29 is 41.0 Å². The number of nitrogens with zero attached hydrogens (tertiary/aromatic N) is 5. The minimum absolute atomic E-state index is 0.00867. The summed E-state index contributed by atoms with van der Waals surface area (Å²) in [6, 6.07) is 8.37. The molecule has 4 aromatic rings. The summed E-state index contributed by atoms with van der Waals surface area (Å²) in [4.78, 5) is 16.9. The number of alkyl halides is 3. The number of halogens is 3. The van der Waals surface area contributed by atoms with E-state index in [9.17, 15) is 31.5 Å². The summed E-state index contributed by atoms with van der Waals surface area (Å²) in [7, 11) is -4.09. The summed E-state index contributed by atoms with van der Waals surface area (Å²) in [6.45, 7) is 7.46. The number of aryl methyl sites for hydroxylation is 3. The van der Waals surface area contributed by atoms with Crippen molar-refractivity contribution in [3.63, 3.8) is 0 Å². The zero-order valence-corrected chi connectivity index (χ0v) is 27.0. The number of carboxylic acids is 1. The first kappa shape index (κ1) is 32.8. The van der Waals surface area contributed by atoms with Gasteiger partial charge in [-0.15, -0.1) is 10.2 Å². The van der Waals surface area contributed by atoms with Crippen LogP contribution in [0.3, 0.4) is 0 Å². The number of fused-ring (bicyclic) bond motifs is 2. The standard InChI is InChI=1S/C32H34F3N5O6S/c1-5-23(29(41)42)26(24-8-10-40-27(20(24)4)37-38-30(40)32(33,34)35)21-7-6-19(3)22(13-21)15-39-16-31(9-11-45-17-31)46-28-25(47(39,43)44)12-18(2)14-36-28/h6-8,10,12-14,23,26H,5,9,11,15-17H2,1-4H3,(H,41,42)/t23?,26?,31-/m1/s1. The van der Waals surface area contributed by atoms with Crippen molar-refractivity contribution in [2.75, 3.05) is 19.8 Å². The quantitative estimate of drug-likeness (QED) is 0.286. The summed E-state index contributed by atoms with van der Waals surface area (Å²) in [5, 5.41) is 17.4. The number of pyridine rings is 2. The van der Waals surface area contributed by atoms with Gasteiger partial charge in [-0.3, -0.25) is 9.20 Å². The molecule has 0 bridgehead atoms. The van der Waals surface area contributed by atoms with E-state index >= 15 is 0 Å². The smallest absolute Gasteiger partial charge is 0.452 e. The third kappa shape index (κ3) is 5.84. The first-order valence-electron chi connectivity index (χ1n) is 15.1. The molecular weight excluding hydrogens is 639 g/mol. The fourth-order valence-corrected chi connectivity index (χ4v) is 8.21. The van der Waals surface area contributed by atoms with Gasteiger partial charge in [0.2, 0.25) is 21.7 Å². The Hall–Kier alpha value is -4.08. The number of aromatic nitrogens is 4. The molecule has 1 fully saturated rings. The fourth-order valence-electron chi connectivity index (χ4n) is 6.56. The molecule has 2 aliphatic rings. The minimum atomic E-state index is -4.73. The molecule has 47 heavy (non-hydrogen) atoms. The van der Waals surface area contributed by atoms with Crippen LogP contribution in [-0.2, 0) is 32.3 Å². The molecule has 3 aromatic heterocycles. The fraction of sp³-hybridized carbons (Fsp3) is 0.438. The van der Waals surface area contributed by atoms with Gasteiger partial charge in [0.25, 0.3) is 0 Å². The molecule has 1 N–H and O–H groups in total. The zero-order chi connectivity index (χ0) is 33.9. The van der Waals surface area contributed by atoms with Gasteiger partial charge in [-0.05, 0) is 72.7 Å². The average molecular weight is 674 g/mol. The van der Waals surface area contributed by atoms with Gasteiger partial charge in [-0.25, -0.2) is 13.4 Å². The number of sulfonamides is 1. The number of carbonyl (C=O) groups is 1. The number of hydrogen-bond donors (Lipinski definition) is 1. The minimum Gasteiger partial charge on any atom is -0.481 e. The van der Waals surface area contributed by atoms with E-state index < -0.39 is 45.4 Å². The number of carboxylic acid groups (broad SMARTS) is 1. The molecule has 15 heteroatoms. The largest absolute Gasteiger partial charge is 0.481 e. The molecule has 6 rings (SSSR count). The summed E-state index contributed by atoms with van der Waals surface area (Å²) in [5.74, 6) is -3.98. The number of ether oxygens (including phenoxy) is 2. The number of rotatable bonds is 7. The molecule has 11 nitrogen and oxygen atoms in total. The van der Waals surface area contributed by atoms with E-state index in [-0.39, 0.29) is 42.5 Å². The highest BCUT2D eigenvalue weighted by Gasteiger charge is 2.47. The lowest BCUT2D eigenvalue weighted by molar-refractivity contribution is -0.145. The normalized spacial score (nSPS) is 20.9. The van der Waals surface area contributed by atoms with Crippen molar-refractivity contribution in [3.05, 3.63) is 81.9 Å². The van der Waals surface area contributed by atoms with Crippen LogP contribution >= 0.6 is 0 Å². The van der Waals surface area contributed by atoms with Crippen LogP contribution in [0.25, 0.3) is 5.65 Å². The maximum Gasteiger partial charge on any atom is 0.452 e. The molecule has 0 aliphatic carbocycles. The Balaban J connectivity index is 1.46. The summed E-state index contributed by atoms with van der Waals surface area (Å²) >= 11 is 0. The first-order chi connectivity index (χ1) is 22.1. The first-order valence-corrected chi connectivity index (χ1v) is 16.6. The molecule has 1 spiro atoms. The highest BCUT2D eigenvalue weighted by Crippen LogP contribution is 2.41. The Morgan fingerprint density at radius 1 is 1.15 bits per heavy atom. The monoisotopic (exact) mass is 673 g/mol. The van der Waals surface area contributed by atoms with Crippen molar-refractivity contribution in [1.82, 2.24) is 23.9 Å². The van der Waals surface area contributed by atoms with Crippen LogP contribution in [0.1, 0.15) is 64.9 Å². The van der Waals surface area contributed by atoms with Gasteiger partial charge in [0.1, 0.15) is 10.5 Å². The van der Waals surface area contributed by atoms with Crippen molar-refractivity contribution in [2.45, 2.75) is 69.7 Å². The molecule has 0 saturated carbocycles. The lowest BCUT2D eigenvalue weighted by atomic mass is 9.77. The Bertz CT molecular complexity index is 1970. The van der Waals surface area contributed by atoms with E-state index in [1.807, 2.05) is 6.92 Å². The second kappa shape index (κ2) is 11.9. The number of aliphatic carboxylic acids is 1. The second-order valence-corrected chi connectivity index (χ2v) is 14.2. The molecule has 0 amide bonds. The highest BCUT2D eigenvalue weighted by atomic mass is 32.2. The maximum absolute atomic E-state index is 14.2. The second-order valence-electron chi connectivity index (χ2n) is 12.3. The maximum atomic E-state index is 14.2. The molecule has 250 valence electrons. The van der Waals surface area contributed by atoms with Gasteiger partial charge in [0, 0.05) is 31.3 Å². The van der Waals surface area contributed by atoms with Gasteiger partial charge in [0.05, 0.1) is 25.7 Å². The Morgan fingerprint density at radius 2 is 1.91 bits per heavy atom. The van der Waals surface area contributed by atoms with E-state index in [0.29, 0.717) is 40.8 Å². The zero-order valence-electron chi connectivity index (χ0n) is 26.2. The predicted octanol–water partition coefficient (Wildman–Crippen LogP) is 5.05.